The van der Waals surface area contributed by atoms with Crippen LogP contribution in [0.25, 0.3) is 0 Å². The molecule has 0 spiro atoms. The number of rotatable bonds is 9. The van der Waals surface area contributed by atoms with E-state index in [9.17, 15) is 13.2 Å². The molecular weight excluding hydrogens is 322 g/mol. The van der Waals surface area contributed by atoms with Gasteiger partial charge in [0, 0.05) is 44.3 Å². The van der Waals surface area contributed by atoms with Gasteiger partial charge in [0.05, 0.1) is 6.61 Å². The second-order valence-electron chi connectivity index (χ2n) is 4.20. The van der Waals surface area contributed by atoms with Crippen LogP contribution in [0.4, 0.5) is 0 Å². The minimum absolute atomic E-state index is 0.0833. The summed E-state index contributed by atoms with van der Waals surface area (Å²) in [6.45, 7) is 1.48. The number of carbonyl (C=O) groups is 1. The van der Waals surface area contributed by atoms with Gasteiger partial charge < -0.3 is 18.8 Å². The Bertz CT molecular complexity index is 568. The van der Waals surface area contributed by atoms with E-state index in [4.69, 9.17) is 24.9 Å². The highest BCUT2D eigenvalue weighted by Gasteiger charge is 2.19. The van der Waals surface area contributed by atoms with Gasteiger partial charge in [0.15, 0.2) is 0 Å². The van der Waals surface area contributed by atoms with E-state index in [1.54, 1.807) is 7.11 Å². The highest BCUT2D eigenvalue weighted by atomic mass is 35.7. The van der Waals surface area contributed by atoms with Gasteiger partial charge in [0.25, 0.3) is 9.05 Å². The zero-order valence-corrected chi connectivity index (χ0v) is 13.4. The number of carbonyl (C=O) groups excluding carboxylic acids is 1. The summed E-state index contributed by atoms with van der Waals surface area (Å²) < 4.78 is 38.8. The second kappa shape index (κ2) is 8.38. The second-order valence-corrected chi connectivity index (χ2v) is 6.77. The van der Waals surface area contributed by atoms with Crippen molar-refractivity contribution in [1.82, 2.24) is 4.57 Å². The Morgan fingerprint density at radius 2 is 2.00 bits per heavy atom. The molecule has 1 rings (SSSR count). The van der Waals surface area contributed by atoms with E-state index < -0.39 is 15.0 Å². The minimum Gasteiger partial charge on any atom is -0.459 e. The van der Waals surface area contributed by atoms with Gasteiger partial charge in [-0.15, -0.1) is 0 Å². The van der Waals surface area contributed by atoms with Gasteiger partial charge in [-0.2, -0.15) is 0 Å². The van der Waals surface area contributed by atoms with Crippen LogP contribution in [0, 0.1) is 0 Å². The molecule has 0 saturated heterocycles. The van der Waals surface area contributed by atoms with Crippen LogP contribution in [0.15, 0.2) is 17.2 Å². The van der Waals surface area contributed by atoms with Crippen molar-refractivity contribution in [2.24, 2.45) is 7.05 Å². The third-order valence-electron chi connectivity index (χ3n) is 2.57. The molecule has 0 aliphatic heterocycles. The molecule has 1 aromatic heterocycles. The zero-order valence-electron chi connectivity index (χ0n) is 11.9. The molecule has 120 valence electrons. The Labute approximate surface area is 128 Å². The number of aryl methyl sites for hydroxylation is 1. The molecule has 21 heavy (non-hydrogen) atoms. The molecule has 1 aromatic rings. The van der Waals surface area contributed by atoms with Crippen molar-refractivity contribution in [3.05, 3.63) is 18.0 Å². The van der Waals surface area contributed by atoms with Crippen LogP contribution >= 0.6 is 10.7 Å². The van der Waals surface area contributed by atoms with Crippen LogP contribution in [0.5, 0.6) is 0 Å². The Balaban J connectivity index is 2.41. The molecule has 0 radical (unpaired) electrons. The molecule has 0 aliphatic rings. The summed E-state index contributed by atoms with van der Waals surface area (Å²) >= 11 is 0. The number of nitrogens with zero attached hydrogens (tertiary/aromatic N) is 1. The molecule has 0 aromatic carbocycles. The van der Waals surface area contributed by atoms with Crippen LogP contribution < -0.4 is 0 Å². The third kappa shape index (κ3) is 6.04. The van der Waals surface area contributed by atoms with Crippen LogP contribution in [0.3, 0.4) is 0 Å². The predicted molar refractivity (Wildman–Crippen MR) is 76.0 cm³/mol. The first-order valence-electron chi connectivity index (χ1n) is 6.21. The van der Waals surface area contributed by atoms with Gasteiger partial charge in [-0.05, 0) is 12.5 Å². The van der Waals surface area contributed by atoms with Gasteiger partial charge >= 0.3 is 5.97 Å². The molecule has 0 atom stereocenters. The average Bonchev–Trinajstić information content (AvgIpc) is 2.79. The molecule has 7 nitrogen and oxygen atoms in total. The maximum atomic E-state index is 11.8. The number of hydrogen-bond donors (Lipinski definition) is 0. The number of ether oxygens (including phenoxy) is 3. The van der Waals surface area contributed by atoms with Crippen LogP contribution in [0.2, 0.25) is 0 Å². The highest BCUT2D eigenvalue weighted by Crippen LogP contribution is 2.18. The summed E-state index contributed by atoms with van der Waals surface area (Å²) in [5.74, 6) is -0.635. The Morgan fingerprint density at radius 1 is 1.29 bits per heavy atom. The molecule has 0 amide bonds. The molecule has 0 saturated carbocycles. The Hall–Kier alpha value is -1.09. The molecular formula is C12H18ClNO6S. The van der Waals surface area contributed by atoms with E-state index >= 15 is 0 Å². The van der Waals surface area contributed by atoms with Crippen molar-refractivity contribution in [1.29, 1.82) is 0 Å². The van der Waals surface area contributed by atoms with E-state index in [1.165, 1.54) is 23.9 Å². The Kier molecular flexibility index (Phi) is 7.16. The maximum absolute atomic E-state index is 11.8. The molecule has 0 bridgehead atoms. The fourth-order valence-corrected chi connectivity index (χ4v) is 2.33. The fourth-order valence-electron chi connectivity index (χ4n) is 1.55. The summed E-state index contributed by atoms with van der Waals surface area (Å²) in [7, 11) is 4.48. The quantitative estimate of drug-likeness (QED) is 0.381. The fraction of sp³-hybridized carbons (Fsp3) is 0.583. The van der Waals surface area contributed by atoms with Crippen molar-refractivity contribution < 1.29 is 27.4 Å². The molecule has 0 fully saturated rings. The van der Waals surface area contributed by atoms with E-state index in [1.807, 2.05) is 0 Å². The van der Waals surface area contributed by atoms with Crippen molar-refractivity contribution in [3.8, 4) is 0 Å². The number of hydrogen-bond acceptors (Lipinski definition) is 6. The van der Waals surface area contributed by atoms with Gasteiger partial charge in [0.2, 0.25) is 0 Å². The van der Waals surface area contributed by atoms with Crippen LogP contribution in [-0.4, -0.2) is 52.5 Å². The number of methoxy groups -OCH3 is 1. The van der Waals surface area contributed by atoms with Crippen molar-refractivity contribution >= 4 is 25.7 Å². The lowest BCUT2D eigenvalue weighted by molar-refractivity contribution is 0.0279. The molecule has 1 heterocycles. The van der Waals surface area contributed by atoms with Crippen molar-refractivity contribution in [2.45, 2.75) is 11.3 Å². The summed E-state index contributed by atoms with van der Waals surface area (Å²) in [4.78, 5) is 11.6. The lowest BCUT2D eigenvalue weighted by Crippen LogP contribution is -2.14. The standard InChI is InChI=1S/C12H18ClNO6S/c1-14-9-10(21(13,16)17)8-11(14)12(15)20-7-6-19-5-3-4-18-2/h8-9H,3-7H2,1-2H3. The molecule has 0 unspecified atom stereocenters. The molecule has 9 heteroatoms. The topological polar surface area (TPSA) is 83.8 Å². The van der Waals surface area contributed by atoms with Crippen LogP contribution in [-0.2, 0) is 30.3 Å². The van der Waals surface area contributed by atoms with E-state index in [0.717, 1.165) is 6.42 Å². The first kappa shape index (κ1) is 18.0. The van der Waals surface area contributed by atoms with Gasteiger partial charge in [-0.1, -0.05) is 0 Å². The zero-order chi connectivity index (χ0) is 15.9. The summed E-state index contributed by atoms with van der Waals surface area (Å²) in [5.41, 5.74) is 0.105. The van der Waals surface area contributed by atoms with E-state index in [0.29, 0.717) is 13.2 Å². The smallest absolute Gasteiger partial charge is 0.355 e. The number of halogens is 1. The first-order chi connectivity index (χ1) is 9.86. The van der Waals surface area contributed by atoms with E-state index in [-0.39, 0.29) is 23.8 Å². The van der Waals surface area contributed by atoms with Gasteiger partial charge in [-0.25, -0.2) is 13.2 Å². The van der Waals surface area contributed by atoms with E-state index in [2.05, 4.69) is 0 Å². The monoisotopic (exact) mass is 339 g/mol. The first-order valence-corrected chi connectivity index (χ1v) is 8.52. The predicted octanol–water partition coefficient (Wildman–Crippen LogP) is 1.16. The summed E-state index contributed by atoms with van der Waals surface area (Å²) in [5, 5.41) is 0. The average molecular weight is 340 g/mol. The normalized spacial score (nSPS) is 11.6. The highest BCUT2D eigenvalue weighted by molar-refractivity contribution is 8.13. The maximum Gasteiger partial charge on any atom is 0.355 e. The lowest BCUT2D eigenvalue weighted by Gasteiger charge is -2.06. The SMILES string of the molecule is COCCCOCCOC(=O)c1cc(S(=O)(=O)Cl)cn1C. The van der Waals surface area contributed by atoms with Crippen molar-refractivity contribution in [2.75, 3.05) is 33.5 Å². The number of esters is 1. The van der Waals surface area contributed by atoms with Crippen LogP contribution in [0.1, 0.15) is 16.9 Å². The van der Waals surface area contributed by atoms with Crippen molar-refractivity contribution in [3.63, 3.8) is 0 Å². The Morgan fingerprint density at radius 3 is 2.57 bits per heavy atom. The lowest BCUT2D eigenvalue weighted by atomic mass is 10.4. The van der Waals surface area contributed by atoms with Gasteiger partial charge in [-0.3, -0.25) is 0 Å². The molecule has 0 aliphatic carbocycles. The third-order valence-corrected chi connectivity index (χ3v) is 3.89. The summed E-state index contributed by atoms with van der Waals surface area (Å²) in [6, 6.07) is 1.17. The van der Waals surface area contributed by atoms with Gasteiger partial charge in [0.1, 0.15) is 17.2 Å². The summed E-state index contributed by atoms with van der Waals surface area (Å²) in [6.07, 6.45) is 2.01. The largest absolute Gasteiger partial charge is 0.459 e. The molecule has 0 N–H and O–H groups in total. The number of aromatic nitrogens is 1. The minimum atomic E-state index is -3.87.